The molecule has 0 heterocycles. The van der Waals surface area contributed by atoms with E-state index in [-0.39, 0.29) is 11.1 Å². The standard InChI is InChI=1S/C11H26N2O/c1-5-11(4,13)7-9-14-10(2,3)6-8-12/h5-9,12-13H2,1-4H3. The van der Waals surface area contributed by atoms with Crippen LogP contribution in [0.3, 0.4) is 0 Å². The van der Waals surface area contributed by atoms with Crippen molar-refractivity contribution in [2.75, 3.05) is 13.2 Å². The van der Waals surface area contributed by atoms with Gasteiger partial charge in [0.15, 0.2) is 0 Å². The second-order valence-electron chi connectivity index (χ2n) is 4.90. The van der Waals surface area contributed by atoms with Gasteiger partial charge in [-0.15, -0.1) is 0 Å². The third kappa shape index (κ3) is 6.35. The number of hydrogen-bond donors (Lipinski definition) is 2. The zero-order valence-electron chi connectivity index (χ0n) is 10.1. The normalized spacial score (nSPS) is 16.7. The predicted molar refractivity (Wildman–Crippen MR) is 61.2 cm³/mol. The third-order valence-electron chi connectivity index (χ3n) is 2.72. The topological polar surface area (TPSA) is 61.3 Å². The van der Waals surface area contributed by atoms with E-state index in [0.717, 1.165) is 19.3 Å². The van der Waals surface area contributed by atoms with E-state index in [1.54, 1.807) is 0 Å². The summed E-state index contributed by atoms with van der Waals surface area (Å²) >= 11 is 0. The maximum Gasteiger partial charge on any atom is 0.0638 e. The summed E-state index contributed by atoms with van der Waals surface area (Å²) in [5, 5.41) is 0. The lowest BCUT2D eigenvalue weighted by Gasteiger charge is -2.28. The molecule has 0 amide bonds. The highest BCUT2D eigenvalue weighted by molar-refractivity contribution is 4.77. The van der Waals surface area contributed by atoms with Crippen LogP contribution in [-0.4, -0.2) is 24.3 Å². The maximum absolute atomic E-state index is 6.01. The van der Waals surface area contributed by atoms with Gasteiger partial charge in [-0.2, -0.15) is 0 Å². The quantitative estimate of drug-likeness (QED) is 0.660. The van der Waals surface area contributed by atoms with Crippen LogP contribution in [0.2, 0.25) is 0 Å². The minimum absolute atomic E-state index is 0.0984. The first-order valence-corrected chi connectivity index (χ1v) is 5.46. The molecule has 1 atom stereocenters. The van der Waals surface area contributed by atoms with Crippen molar-refractivity contribution in [1.29, 1.82) is 0 Å². The summed E-state index contributed by atoms with van der Waals surface area (Å²) in [6.45, 7) is 9.69. The summed E-state index contributed by atoms with van der Waals surface area (Å²) in [5.74, 6) is 0. The van der Waals surface area contributed by atoms with Crippen molar-refractivity contribution in [3.05, 3.63) is 0 Å². The van der Waals surface area contributed by atoms with Gasteiger partial charge < -0.3 is 16.2 Å². The minimum atomic E-state index is -0.113. The van der Waals surface area contributed by atoms with Crippen LogP contribution in [0, 0.1) is 0 Å². The van der Waals surface area contributed by atoms with Crippen LogP contribution < -0.4 is 11.5 Å². The highest BCUT2D eigenvalue weighted by Gasteiger charge is 2.20. The molecule has 0 aromatic rings. The summed E-state index contributed by atoms with van der Waals surface area (Å²) in [6.07, 6.45) is 2.77. The first-order valence-electron chi connectivity index (χ1n) is 5.46. The molecular formula is C11H26N2O. The Kier molecular flexibility index (Phi) is 5.64. The third-order valence-corrected chi connectivity index (χ3v) is 2.72. The Morgan fingerprint density at radius 2 is 1.71 bits per heavy atom. The largest absolute Gasteiger partial charge is 0.375 e. The highest BCUT2D eigenvalue weighted by Crippen LogP contribution is 2.16. The van der Waals surface area contributed by atoms with E-state index >= 15 is 0 Å². The molecule has 0 aliphatic carbocycles. The van der Waals surface area contributed by atoms with Gasteiger partial charge in [-0.1, -0.05) is 6.92 Å². The molecule has 3 heteroatoms. The molecule has 0 aromatic carbocycles. The molecule has 86 valence electrons. The van der Waals surface area contributed by atoms with E-state index in [2.05, 4.69) is 27.7 Å². The minimum Gasteiger partial charge on any atom is -0.375 e. The van der Waals surface area contributed by atoms with Gasteiger partial charge in [0.25, 0.3) is 0 Å². The van der Waals surface area contributed by atoms with Crippen LogP contribution in [0.25, 0.3) is 0 Å². The van der Waals surface area contributed by atoms with E-state index < -0.39 is 0 Å². The van der Waals surface area contributed by atoms with Crippen molar-refractivity contribution in [1.82, 2.24) is 0 Å². The lowest BCUT2D eigenvalue weighted by atomic mass is 9.96. The molecule has 0 bridgehead atoms. The van der Waals surface area contributed by atoms with Gasteiger partial charge in [-0.3, -0.25) is 0 Å². The Balaban J connectivity index is 3.73. The van der Waals surface area contributed by atoms with E-state index in [1.807, 2.05) is 0 Å². The van der Waals surface area contributed by atoms with Crippen LogP contribution in [0.5, 0.6) is 0 Å². The summed E-state index contributed by atoms with van der Waals surface area (Å²) in [4.78, 5) is 0. The Labute approximate surface area is 88.2 Å². The fourth-order valence-corrected chi connectivity index (χ4v) is 1.16. The van der Waals surface area contributed by atoms with Crippen molar-refractivity contribution in [2.45, 2.75) is 58.1 Å². The molecule has 14 heavy (non-hydrogen) atoms. The number of nitrogens with two attached hydrogens (primary N) is 2. The zero-order chi connectivity index (χ0) is 11.2. The van der Waals surface area contributed by atoms with Crippen LogP contribution in [-0.2, 0) is 4.74 Å². The molecule has 0 rings (SSSR count). The molecule has 3 nitrogen and oxygen atoms in total. The van der Waals surface area contributed by atoms with Gasteiger partial charge in [0.1, 0.15) is 0 Å². The van der Waals surface area contributed by atoms with Crippen molar-refractivity contribution >= 4 is 0 Å². The molecule has 0 spiro atoms. The summed E-state index contributed by atoms with van der Waals surface area (Å²) in [6, 6.07) is 0. The molecule has 0 aliphatic heterocycles. The maximum atomic E-state index is 6.01. The van der Waals surface area contributed by atoms with Gasteiger partial charge in [0, 0.05) is 12.1 Å². The van der Waals surface area contributed by atoms with Crippen molar-refractivity contribution < 1.29 is 4.74 Å². The van der Waals surface area contributed by atoms with Crippen LogP contribution in [0.4, 0.5) is 0 Å². The lowest BCUT2D eigenvalue weighted by molar-refractivity contribution is -0.0282. The van der Waals surface area contributed by atoms with E-state index in [1.165, 1.54) is 0 Å². The lowest BCUT2D eigenvalue weighted by Crippen LogP contribution is -2.38. The average molecular weight is 202 g/mol. The predicted octanol–water partition coefficient (Wildman–Crippen LogP) is 1.65. The van der Waals surface area contributed by atoms with Gasteiger partial charge in [0.2, 0.25) is 0 Å². The molecule has 0 aliphatic rings. The van der Waals surface area contributed by atoms with Crippen molar-refractivity contribution in [2.24, 2.45) is 11.5 Å². The number of ether oxygens (including phenoxy) is 1. The Hall–Kier alpha value is -0.120. The van der Waals surface area contributed by atoms with E-state index in [9.17, 15) is 0 Å². The molecule has 0 fully saturated rings. The zero-order valence-corrected chi connectivity index (χ0v) is 10.1. The van der Waals surface area contributed by atoms with Crippen LogP contribution >= 0.6 is 0 Å². The van der Waals surface area contributed by atoms with Crippen LogP contribution in [0.1, 0.15) is 47.0 Å². The molecule has 1 unspecified atom stereocenters. The monoisotopic (exact) mass is 202 g/mol. The molecular weight excluding hydrogens is 176 g/mol. The number of rotatable bonds is 7. The summed E-state index contributed by atoms with van der Waals surface area (Å²) in [7, 11) is 0. The van der Waals surface area contributed by atoms with E-state index in [0.29, 0.717) is 13.2 Å². The first kappa shape index (κ1) is 13.9. The molecule has 0 saturated heterocycles. The smallest absolute Gasteiger partial charge is 0.0638 e. The Morgan fingerprint density at radius 1 is 1.14 bits per heavy atom. The summed E-state index contributed by atoms with van der Waals surface area (Å²) in [5.41, 5.74) is 11.3. The van der Waals surface area contributed by atoms with Crippen LogP contribution in [0.15, 0.2) is 0 Å². The first-order chi connectivity index (χ1) is 6.33. The second kappa shape index (κ2) is 5.69. The fourth-order valence-electron chi connectivity index (χ4n) is 1.16. The van der Waals surface area contributed by atoms with Crippen molar-refractivity contribution in [3.63, 3.8) is 0 Å². The Bertz CT molecular complexity index is 155. The average Bonchev–Trinajstić information content (AvgIpc) is 2.03. The molecule has 0 aromatic heterocycles. The van der Waals surface area contributed by atoms with Gasteiger partial charge >= 0.3 is 0 Å². The van der Waals surface area contributed by atoms with Gasteiger partial charge in [-0.05, 0) is 46.6 Å². The van der Waals surface area contributed by atoms with Crippen molar-refractivity contribution in [3.8, 4) is 0 Å². The Morgan fingerprint density at radius 3 is 2.14 bits per heavy atom. The molecule has 4 N–H and O–H groups in total. The number of hydrogen-bond acceptors (Lipinski definition) is 3. The fraction of sp³-hybridized carbons (Fsp3) is 1.00. The molecule has 0 saturated carbocycles. The van der Waals surface area contributed by atoms with Gasteiger partial charge in [0.05, 0.1) is 5.60 Å². The van der Waals surface area contributed by atoms with E-state index in [4.69, 9.17) is 16.2 Å². The highest BCUT2D eigenvalue weighted by atomic mass is 16.5. The SMILES string of the molecule is CCC(C)(N)CCOC(C)(C)CCN. The second-order valence-corrected chi connectivity index (χ2v) is 4.90. The van der Waals surface area contributed by atoms with Gasteiger partial charge in [-0.25, -0.2) is 0 Å². The molecule has 0 radical (unpaired) electrons. The summed E-state index contributed by atoms with van der Waals surface area (Å²) < 4.78 is 5.75.